The average Bonchev–Trinajstić information content (AvgIpc) is 2.02. The Morgan fingerprint density at radius 2 is 1.86 bits per heavy atom. The number of nitrogens with one attached hydrogen (secondary N) is 1. The molecule has 0 atom stereocenters. The number of nitrogens with zero attached hydrogens (tertiary/aromatic N) is 1. The molecule has 2 nitrogen and oxygen atoms in total. The SMILES string of the molecule is CCCCN=C(CC(C)C)NC(C)C. The van der Waals surface area contributed by atoms with Gasteiger partial charge >= 0.3 is 0 Å². The van der Waals surface area contributed by atoms with E-state index in [0.717, 1.165) is 13.0 Å². The van der Waals surface area contributed by atoms with Gasteiger partial charge in [0, 0.05) is 19.0 Å². The van der Waals surface area contributed by atoms with Crippen LogP contribution in [-0.4, -0.2) is 18.4 Å². The molecule has 0 aromatic rings. The van der Waals surface area contributed by atoms with Crippen LogP contribution in [0.25, 0.3) is 0 Å². The maximum atomic E-state index is 4.60. The topological polar surface area (TPSA) is 24.4 Å². The van der Waals surface area contributed by atoms with Crippen LogP contribution in [0.1, 0.15) is 53.9 Å². The summed E-state index contributed by atoms with van der Waals surface area (Å²) >= 11 is 0. The summed E-state index contributed by atoms with van der Waals surface area (Å²) in [4.78, 5) is 4.60. The first-order chi connectivity index (χ1) is 6.56. The lowest BCUT2D eigenvalue weighted by atomic mass is 10.1. The van der Waals surface area contributed by atoms with Gasteiger partial charge < -0.3 is 5.32 Å². The maximum Gasteiger partial charge on any atom is 0.0967 e. The number of hydrogen-bond donors (Lipinski definition) is 1. The quantitative estimate of drug-likeness (QED) is 0.395. The Morgan fingerprint density at radius 1 is 1.21 bits per heavy atom. The third kappa shape index (κ3) is 8.09. The largest absolute Gasteiger partial charge is 0.372 e. The number of amidine groups is 1. The van der Waals surface area contributed by atoms with E-state index in [1.54, 1.807) is 0 Å². The summed E-state index contributed by atoms with van der Waals surface area (Å²) < 4.78 is 0. The van der Waals surface area contributed by atoms with Crippen molar-refractivity contribution >= 4 is 5.84 Å². The summed E-state index contributed by atoms with van der Waals surface area (Å²) in [6.07, 6.45) is 3.49. The average molecular weight is 198 g/mol. The fourth-order valence-corrected chi connectivity index (χ4v) is 1.26. The van der Waals surface area contributed by atoms with E-state index in [4.69, 9.17) is 0 Å². The first kappa shape index (κ1) is 13.5. The zero-order chi connectivity index (χ0) is 11.0. The summed E-state index contributed by atoms with van der Waals surface area (Å²) in [7, 11) is 0. The lowest BCUT2D eigenvalue weighted by Gasteiger charge is -2.14. The van der Waals surface area contributed by atoms with Crippen LogP contribution in [0.4, 0.5) is 0 Å². The number of hydrogen-bond acceptors (Lipinski definition) is 1. The van der Waals surface area contributed by atoms with Crippen LogP contribution < -0.4 is 5.32 Å². The number of unbranched alkanes of at least 4 members (excludes halogenated alkanes) is 1. The molecule has 0 aromatic heterocycles. The van der Waals surface area contributed by atoms with Crippen LogP contribution in [0.2, 0.25) is 0 Å². The molecule has 0 saturated carbocycles. The van der Waals surface area contributed by atoms with Gasteiger partial charge in [-0.05, 0) is 26.2 Å². The second-order valence-corrected chi connectivity index (χ2v) is 4.58. The van der Waals surface area contributed by atoms with Crippen molar-refractivity contribution in [2.24, 2.45) is 10.9 Å². The standard InChI is InChI=1S/C12H26N2/c1-6-7-8-13-12(9-10(2)3)14-11(4)5/h10-11H,6-9H2,1-5H3,(H,13,14). The van der Waals surface area contributed by atoms with Gasteiger partial charge in [-0.25, -0.2) is 0 Å². The predicted molar refractivity (Wildman–Crippen MR) is 64.9 cm³/mol. The second-order valence-electron chi connectivity index (χ2n) is 4.58. The van der Waals surface area contributed by atoms with Crippen molar-refractivity contribution in [3.05, 3.63) is 0 Å². The molecule has 0 saturated heterocycles. The monoisotopic (exact) mass is 198 g/mol. The molecule has 0 aromatic carbocycles. The van der Waals surface area contributed by atoms with Crippen molar-refractivity contribution in [3.8, 4) is 0 Å². The highest BCUT2D eigenvalue weighted by atomic mass is 15.0. The van der Waals surface area contributed by atoms with Gasteiger partial charge in [0.25, 0.3) is 0 Å². The van der Waals surface area contributed by atoms with Crippen LogP contribution in [0.15, 0.2) is 4.99 Å². The molecule has 2 heteroatoms. The van der Waals surface area contributed by atoms with Gasteiger partial charge in [-0.1, -0.05) is 27.2 Å². The minimum atomic E-state index is 0.495. The Bertz CT molecular complexity index is 148. The molecule has 0 aliphatic heterocycles. The van der Waals surface area contributed by atoms with Crippen LogP contribution in [0.3, 0.4) is 0 Å². The van der Waals surface area contributed by atoms with E-state index < -0.39 is 0 Å². The maximum absolute atomic E-state index is 4.60. The lowest BCUT2D eigenvalue weighted by molar-refractivity contribution is 0.638. The molecule has 0 radical (unpaired) electrons. The molecule has 0 unspecified atom stereocenters. The molecule has 0 rings (SSSR count). The summed E-state index contributed by atoms with van der Waals surface area (Å²) in [5.74, 6) is 1.87. The molecule has 0 fully saturated rings. The summed E-state index contributed by atoms with van der Waals surface area (Å²) in [6.45, 7) is 12.0. The Kier molecular flexibility index (Phi) is 7.54. The molecule has 14 heavy (non-hydrogen) atoms. The Morgan fingerprint density at radius 3 is 2.29 bits per heavy atom. The van der Waals surface area contributed by atoms with Gasteiger partial charge in [0.1, 0.15) is 0 Å². The van der Waals surface area contributed by atoms with Gasteiger partial charge in [0.2, 0.25) is 0 Å². The Hall–Kier alpha value is -0.530. The van der Waals surface area contributed by atoms with Crippen molar-refractivity contribution < 1.29 is 0 Å². The first-order valence-electron chi connectivity index (χ1n) is 5.86. The third-order valence-corrected chi connectivity index (χ3v) is 1.87. The first-order valence-corrected chi connectivity index (χ1v) is 5.86. The highest BCUT2D eigenvalue weighted by Gasteiger charge is 2.03. The molecule has 0 amide bonds. The van der Waals surface area contributed by atoms with Gasteiger partial charge in [0.05, 0.1) is 5.84 Å². The van der Waals surface area contributed by atoms with Crippen molar-refractivity contribution in [1.29, 1.82) is 0 Å². The van der Waals surface area contributed by atoms with E-state index in [1.165, 1.54) is 18.7 Å². The number of aliphatic imine (C=N–C) groups is 1. The van der Waals surface area contributed by atoms with Gasteiger partial charge in [-0.15, -0.1) is 0 Å². The van der Waals surface area contributed by atoms with E-state index >= 15 is 0 Å². The molecular weight excluding hydrogens is 172 g/mol. The van der Waals surface area contributed by atoms with Gasteiger partial charge in [-0.3, -0.25) is 4.99 Å². The minimum absolute atomic E-state index is 0.495. The van der Waals surface area contributed by atoms with Crippen molar-refractivity contribution in [2.45, 2.75) is 59.9 Å². The number of rotatable bonds is 6. The Balaban J connectivity index is 4.01. The van der Waals surface area contributed by atoms with Crippen molar-refractivity contribution in [3.63, 3.8) is 0 Å². The molecule has 1 N–H and O–H groups in total. The summed E-state index contributed by atoms with van der Waals surface area (Å²) in [5.41, 5.74) is 0. The molecule has 0 aliphatic carbocycles. The van der Waals surface area contributed by atoms with Crippen LogP contribution >= 0.6 is 0 Å². The molecule has 0 spiro atoms. The van der Waals surface area contributed by atoms with Gasteiger partial charge in [-0.2, -0.15) is 0 Å². The Labute approximate surface area is 89.2 Å². The summed E-state index contributed by atoms with van der Waals surface area (Å²) in [6, 6.07) is 0.495. The predicted octanol–water partition coefficient (Wildman–Crippen LogP) is 3.23. The normalized spacial score (nSPS) is 12.6. The van der Waals surface area contributed by atoms with Crippen molar-refractivity contribution in [2.75, 3.05) is 6.54 Å². The fraction of sp³-hybridized carbons (Fsp3) is 0.917. The highest BCUT2D eigenvalue weighted by molar-refractivity contribution is 5.82. The van der Waals surface area contributed by atoms with Crippen molar-refractivity contribution in [1.82, 2.24) is 5.32 Å². The zero-order valence-electron chi connectivity index (χ0n) is 10.4. The zero-order valence-corrected chi connectivity index (χ0v) is 10.4. The molecule has 0 aliphatic rings. The van der Waals surface area contributed by atoms with Crippen LogP contribution in [0, 0.1) is 5.92 Å². The molecule has 0 heterocycles. The highest BCUT2D eigenvalue weighted by Crippen LogP contribution is 2.01. The van der Waals surface area contributed by atoms with E-state index in [2.05, 4.69) is 44.9 Å². The smallest absolute Gasteiger partial charge is 0.0967 e. The minimum Gasteiger partial charge on any atom is -0.372 e. The van der Waals surface area contributed by atoms with Crippen LogP contribution in [-0.2, 0) is 0 Å². The van der Waals surface area contributed by atoms with E-state index in [9.17, 15) is 0 Å². The molecular formula is C12H26N2. The van der Waals surface area contributed by atoms with E-state index in [0.29, 0.717) is 12.0 Å². The van der Waals surface area contributed by atoms with E-state index in [1.807, 2.05) is 0 Å². The second kappa shape index (κ2) is 7.84. The fourth-order valence-electron chi connectivity index (χ4n) is 1.26. The molecule has 84 valence electrons. The lowest BCUT2D eigenvalue weighted by Crippen LogP contribution is -2.31. The summed E-state index contributed by atoms with van der Waals surface area (Å²) in [5, 5.41) is 3.42. The van der Waals surface area contributed by atoms with Gasteiger partial charge in [0.15, 0.2) is 0 Å². The van der Waals surface area contributed by atoms with Crippen LogP contribution in [0.5, 0.6) is 0 Å². The third-order valence-electron chi connectivity index (χ3n) is 1.87. The van der Waals surface area contributed by atoms with E-state index in [-0.39, 0.29) is 0 Å². The molecule has 0 bridgehead atoms.